The lowest BCUT2D eigenvalue weighted by Crippen LogP contribution is -2.21. The van der Waals surface area contributed by atoms with Gasteiger partial charge in [0.25, 0.3) is 0 Å². The first-order chi connectivity index (χ1) is 19.2. The van der Waals surface area contributed by atoms with Crippen LogP contribution in [0.2, 0.25) is 0 Å². The van der Waals surface area contributed by atoms with Crippen LogP contribution < -0.4 is 5.32 Å². The molecule has 2 aliphatic heterocycles. The van der Waals surface area contributed by atoms with E-state index in [0.717, 1.165) is 62.3 Å². The quantitative estimate of drug-likeness (QED) is 0.322. The highest BCUT2D eigenvalue weighted by Gasteiger charge is 2.48. The summed E-state index contributed by atoms with van der Waals surface area (Å²) in [6.45, 7) is 4.00. The molecule has 0 spiro atoms. The van der Waals surface area contributed by atoms with E-state index in [1.54, 1.807) is 0 Å². The number of hydrogen-bond donors (Lipinski definition) is 1. The lowest BCUT2D eigenvalue weighted by Gasteiger charge is -2.20. The van der Waals surface area contributed by atoms with Crippen LogP contribution in [-0.4, -0.2) is 48.7 Å². The summed E-state index contributed by atoms with van der Waals surface area (Å²) in [6.07, 6.45) is 18.1. The van der Waals surface area contributed by atoms with Gasteiger partial charge in [-0.05, 0) is 48.1 Å². The molecule has 0 radical (unpaired) electrons. The van der Waals surface area contributed by atoms with Gasteiger partial charge in [-0.25, -0.2) is 9.97 Å². The molecule has 8 rings (SSSR count). The Bertz CT molecular complexity index is 1690. The highest BCUT2D eigenvalue weighted by molar-refractivity contribution is 5.71. The maximum Gasteiger partial charge on any atom is 0.233 e. The zero-order chi connectivity index (χ0) is 25.8. The lowest BCUT2D eigenvalue weighted by molar-refractivity contribution is 0.312. The van der Waals surface area contributed by atoms with Gasteiger partial charge >= 0.3 is 0 Å². The number of aromatic nitrogens is 5. The third-order valence-corrected chi connectivity index (χ3v) is 8.72. The number of benzene rings is 2. The van der Waals surface area contributed by atoms with Crippen molar-refractivity contribution in [1.29, 1.82) is 0 Å². The Kier molecular flexibility index (Phi) is 5.20. The minimum atomic E-state index is -0.00369. The molecular formula is C32H31N7. The minimum Gasteiger partial charge on any atom is -0.381 e. The van der Waals surface area contributed by atoms with E-state index in [1.807, 2.05) is 18.6 Å². The standard InChI is InChI=1S/C32H31N7/c1-2-5-23(6-3-1)19-37-14-10-28(22-37)39-21-26(17-36-39)25-16-34-31-35-18-30(38(31)20-25)32(11-12-32)27-8-9-29-24(15-27)7-4-13-33-29/h1-9,15-18,20-21,28,33H,10-14,19,22H2. The summed E-state index contributed by atoms with van der Waals surface area (Å²) in [5.41, 5.74) is 8.58. The monoisotopic (exact) mass is 513 g/mol. The van der Waals surface area contributed by atoms with Crippen molar-refractivity contribution in [3.05, 3.63) is 108 Å². The molecule has 5 aromatic rings. The fraction of sp³-hybridized carbons (Fsp3) is 0.281. The van der Waals surface area contributed by atoms with Crippen LogP contribution in [0.25, 0.3) is 23.0 Å². The number of nitrogens with one attached hydrogen (secondary N) is 1. The fourth-order valence-corrected chi connectivity index (χ4v) is 6.41. The van der Waals surface area contributed by atoms with Crippen molar-refractivity contribution in [3.8, 4) is 11.1 Å². The van der Waals surface area contributed by atoms with Crippen molar-refractivity contribution < 1.29 is 0 Å². The summed E-state index contributed by atoms with van der Waals surface area (Å²) in [5.74, 6) is 0.749. The van der Waals surface area contributed by atoms with E-state index in [2.05, 4.69) is 97.4 Å². The summed E-state index contributed by atoms with van der Waals surface area (Å²) in [6, 6.07) is 18.0. The first-order valence-electron chi connectivity index (χ1n) is 13.9. The molecule has 194 valence electrons. The molecule has 2 aromatic carbocycles. The van der Waals surface area contributed by atoms with E-state index < -0.39 is 0 Å². The molecule has 1 saturated carbocycles. The molecule has 0 bridgehead atoms. The van der Waals surface area contributed by atoms with Crippen molar-refractivity contribution in [2.24, 2.45) is 0 Å². The van der Waals surface area contributed by atoms with Crippen LogP contribution in [-0.2, 0) is 12.0 Å². The van der Waals surface area contributed by atoms with Gasteiger partial charge in [-0.3, -0.25) is 14.0 Å². The predicted molar refractivity (Wildman–Crippen MR) is 154 cm³/mol. The molecule has 0 amide bonds. The molecule has 1 atom stereocenters. The number of hydrogen-bond acceptors (Lipinski definition) is 5. The highest BCUT2D eigenvalue weighted by atomic mass is 15.3. The van der Waals surface area contributed by atoms with Crippen molar-refractivity contribution >= 4 is 17.5 Å². The number of rotatable bonds is 6. The van der Waals surface area contributed by atoms with Crippen LogP contribution in [0.3, 0.4) is 0 Å². The molecule has 7 heteroatoms. The van der Waals surface area contributed by atoms with E-state index in [1.165, 1.54) is 28.1 Å². The summed E-state index contributed by atoms with van der Waals surface area (Å²) < 4.78 is 4.35. The zero-order valence-corrected chi connectivity index (χ0v) is 21.9. The summed E-state index contributed by atoms with van der Waals surface area (Å²) in [4.78, 5) is 11.9. The van der Waals surface area contributed by atoms with Gasteiger partial charge in [-0.2, -0.15) is 5.10 Å². The van der Waals surface area contributed by atoms with E-state index >= 15 is 0 Å². The van der Waals surface area contributed by atoms with Gasteiger partial charge < -0.3 is 5.32 Å². The molecule has 5 heterocycles. The fourth-order valence-electron chi connectivity index (χ4n) is 6.41. The molecule has 1 saturated heterocycles. The van der Waals surface area contributed by atoms with Crippen LogP contribution in [0.15, 0.2) is 85.6 Å². The zero-order valence-electron chi connectivity index (χ0n) is 21.9. The summed E-state index contributed by atoms with van der Waals surface area (Å²) in [5, 5.41) is 8.24. The van der Waals surface area contributed by atoms with Gasteiger partial charge in [0.15, 0.2) is 0 Å². The number of fused-ring (bicyclic) bond motifs is 2. The first-order valence-corrected chi connectivity index (χ1v) is 13.9. The van der Waals surface area contributed by atoms with E-state index in [9.17, 15) is 0 Å². The molecule has 39 heavy (non-hydrogen) atoms. The lowest BCUT2D eigenvalue weighted by atomic mass is 9.90. The molecule has 1 N–H and O–H groups in total. The van der Waals surface area contributed by atoms with Gasteiger partial charge in [0, 0.05) is 67.0 Å². The molecule has 1 aliphatic carbocycles. The summed E-state index contributed by atoms with van der Waals surface area (Å²) >= 11 is 0. The van der Waals surface area contributed by atoms with Crippen molar-refractivity contribution in [2.75, 3.05) is 25.0 Å². The second-order valence-electron chi connectivity index (χ2n) is 11.2. The second-order valence-corrected chi connectivity index (χ2v) is 11.2. The number of anilines is 1. The number of nitrogens with zero attached hydrogens (tertiary/aromatic N) is 6. The van der Waals surface area contributed by atoms with E-state index in [4.69, 9.17) is 10.1 Å². The smallest absolute Gasteiger partial charge is 0.233 e. The van der Waals surface area contributed by atoms with Gasteiger partial charge in [0.1, 0.15) is 0 Å². The maximum absolute atomic E-state index is 4.78. The van der Waals surface area contributed by atoms with Gasteiger partial charge in [0.2, 0.25) is 5.78 Å². The Morgan fingerprint density at radius 2 is 1.82 bits per heavy atom. The Balaban J connectivity index is 1.06. The van der Waals surface area contributed by atoms with Crippen LogP contribution in [0.1, 0.15) is 47.7 Å². The molecule has 3 aliphatic rings. The predicted octanol–water partition coefficient (Wildman–Crippen LogP) is 5.56. The maximum atomic E-state index is 4.78. The largest absolute Gasteiger partial charge is 0.381 e. The average Bonchev–Trinajstić information content (AvgIpc) is 3.32. The topological polar surface area (TPSA) is 63.3 Å². The third-order valence-electron chi connectivity index (χ3n) is 8.72. The Morgan fingerprint density at radius 1 is 0.949 bits per heavy atom. The summed E-state index contributed by atoms with van der Waals surface area (Å²) in [7, 11) is 0. The molecular weight excluding hydrogens is 482 g/mol. The van der Waals surface area contributed by atoms with Gasteiger partial charge in [-0.15, -0.1) is 0 Å². The average molecular weight is 514 g/mol. The molecule has 2 fully saturated rings. The number of likely N-dealkylation sites (tertiary alicyclic amines) is 1. The van der Waals surface area contributed by atoms with Crippen molar-refractivity contribution in [2.45, 2.75) is 37.3 Å². The molecule has 1 unspecified atom stereocenters. The Morgan fingerprint density at radius 3 is 2.72 bits per heavy atom. The Labute approximate surface area is 227 Å². The van der Waals surface area contributed by atoms with Crippen LogP contribution in [0.4, 0.5) is 5.69 Å². The highest BCUT2D eigenvalue weighted by Crippen LogP contribution is 2.54. The molecule has 7 nitrogen and oxygen atoms in total. The van der Waals surface area contributed by atoms with Gasteiger partial charge in [-0.1, -0.05) is 48.6 Å². The van der Waals surface area contributed by atoms with Gasteiger partial charge in [0.05, 0.1) is 24.1 Å². The normalized spacial score (nSPS) is 19.7. The molecule has 3 aromatic heterocycles. The first kappa shape index (κ1) is 22.7. The second kappa shape index (κ2) is 8.92. The minimum absolute atomic E-state index is 0.00369. The third kappa shape index (κ3) is 3.96. The van der Waals surface area contributed by atoms with Crippen LogP contribution >= 0.6 is 0 Å². The Hall–Kier alpha value is -4.23. The SMILES string of the molecule is C1=Cc2cc(C3(c4cnc5ncc(-c6cnn(C7CCN(Cc8ccccc8)C7)c6)cn45)CC3)ccc2NC1. The van der Waals surface area contributed by atoms with Crippen molar-refractivity contribution in [1.82, 2.24) is 29.0 Å². The van der Waals surface area contributed by atoms with Crippen LogP contribution in [0, 0.1) is 0 Å². The van der Waals surface area contributed by atoms with E-state index in [0.29, 0.717) is 6.04 Å². The van der Waals surface area contributed by atoms with Crippen LogP contribution in [0.5, 0.6) is 0 Å². The van der Waals surface area contributed by atoms with Crippen molar-refractivity contribution in [3.63, 3.8) is 0 Å². The van der Waals surface area contributed by atoms with E-state index in [-0.39, 0.29) is 5.41 Å². The number of imidazole rings is 1.